The zero-order valence-corrected chi connectivity index (χ0v) is 14.8. The van der Waals surface area contributed by atoms with Crippen molar-refractivity contribution in [1.82, 2.24) is 14.9 Å². The van der Waals surface area contributed by atoms with E-state index in [9.17, 15) is 14.3 Å². The van der Waals surface area contributed by atoms with E-state index in [1.54, 1.807) is 19.4 Å². The molecule has 134 valence electrons. The highest BCUT2D eigenvalue weighted by Gasteiger charge is 2.18. The zero-order chi connectivity index (χ0) is 18.6. The summed E-state index contributed by atoms with van der Waals surface area (Å²) in [5.74, 6) is 0.311. The van der Waals surface area contributed by atoms with E-state index >= 15 is 0 Å². The molecule has 0 aliphatic carbocycles. The fourth-order valence-corrected chi connectivity index (χ4v) is 2.13. The highest BCUT2D eigenvalue weighted by Crippen LogP contribution is 2.18. The Balaban J connectivity index is 1.94. The van der Waals surface area contributed by atoms with Crippen LogP contribution in [0.3, 0.4) is 0 Å². The number of hydrogen-bond acceptors (Lipinski definition) is 4. The molecule has 0 saturated carbocycles. The Morgan fingerprint density at radius 1 is 1.24 bits per heavy atom. The van der Waals surface area contributed by atoms with Crippen molar-refractivity contribution in [3.8, 4) is 0 Å². The van der Waals surface area contributed by atoms with Crippen molar-refractivity contribution in [2.75, 3.05) is 18.9 Å². The van der Waals surface area contributed by atoms with Crippen molar-refractivity contribution in [2.24, 2.45) is 0 Å². The van der Waals surface area contributed by atoms with Crippen LogP contribution in [0, 0.1) is 5.82 Å². The number of aromatic nitrogens is 2. The maximum absolute atomic E-state index is 12.9. The molecule has 2 amide bonds. The third kappa shape index (κ3) is 5.22. The minimum absolute atomic E-state index is 0.0679. The maximum Gasteiger partial charge on any atom is 0.321 e. The van der Waals surface area contributed by atoms with E-state index in [0.29, 0.717) is 17.1 Å². The van der Waals surface area contributed by atoms with Crippen molar-refractivity contribution >= 4 is 11.7 Å². The molecular formula is C18H23FN4O2. The van der Waals surface area contributed by atoms with E-state index in [0.717, 1.165) is 0 Å². The molecule has 1 aromatic heterocycles. The first kappa shape index (κ1) is 18.8. The lowest BCUT2D eigenvalue weighted by atomic mass is 9.96. The Hall–Kier alpha value is -2.54. The molecule has 0 unspecified atom stereocenters. The summed E-state index contributed by atoms with van der Waals surface area (Å²) < 4.78 is 12.9. The van der Waals surface area contributed by atoms with Gasteiger partial charge in [-0.3, -0.25) is 0 Å². The van der Waals surface area contributed by atoms with Crippen molar-refractivity contribution in [1.29, 1.82) is 0 Å². The van der Waals surface area contributed by atoms with E-state index in [4.69, 9.17) is 0 Å². The number of aliphatic hydroxyl groups excluding tert-OH is 1. The molecule has 6 nitrogen and oxygen atoms in total. The van der Waals surface area contributed by atoms with Gasteiger partial charge in [0, 0.05) is 12.5 Å². The molecule has 0 bridgehead atoms. The minimum Gasteiger partial charge on any atom is -0.387 e. The number of nitrogens with zero attached hydrogens (tertiary/aromatic N) is 3. The normalized spacial score (nSPS) is 12.6. The van der Waals surface area contributed by atoms with Gasteiger partial charge in [-0.25, -0.2) is 19.2 Å². The summed E-state index contributed by atoms with van der Waals surface area (Å²) >= 11 is 0. The average Bonchev–Trinajstić information content (AvgIpc) is 2.55. The van der Waals surface area contributed by atoms with Gasteiger partial charge in [0.25, 0.3) is 0 Å². The summed E-state index contributed by atoms with van der Waals surface area (Å²) in [5, 5.41) is 12.8. The zero-order valence-electron chi connectivity index (χ0n) is 14.8. The minimum atomic E-state index is -0.907. The first-order valence-electron chi connectivity index (χ1n) is 7.95. The summed E-state index contributed by atoms with van der Waals surface area (Å²) in [4.78, 5) is 22.0. The Bertz CT molecular complexity index is 711. The van der Waals surface area contributed by atoms with Crippen LogP contribution in [0.5, 0.6) is 0 Å². The van der Waals surface area contributed by atoms with Crippen LogP contribution in [-0.4, -0.2) is 39.6 Å². The number of anilines is 1. The van der Waals surface area contributed by atoms with Crippen LogP contribution in [0.2, 0.25) is 0 Å². The van der Waals surface area contributed by atoms with Crippen molar-refractivity contribution in [3.63, 3.8) is 0 Å². The molecule has 0 aliphatic heterocycles. The summed E-state index contributed by atoms with van der Waals surface area (Å²) in [7, 11) is 1.56. The second-order valence-electron chi connectivity index (χ2n) is 6.92. The van der Waals surface area contributed by atoms with Crippen LogP contribution < -0.4 is 5.32 Å². The molecule has 1 atom stereocenters. The van der Waals surface area contributed by atoms with E-state index in [1.807, 2.05) is 20.8 Å². The van der Waals surface area contributed by atoms with E-state index in [1.165, 1.54) is 29.2 Å². The van der Waals surface area contributed by atoms with E-state index in [-0.39, 0.29) is 17.8 Å². The summed E-state index contributed by atoms with van der Waals surface area (Å²) in [6.07, 6.45) is 2.20. The summed E-state index contributed by atoms with van der Waals surface area (Å²) in [6.45, 7) is 6.08. The van der Waals surface area contributed by atoms with Gasteiger partial charge in [0.1, 0.15) is 11.6 Å². The molecule has 1 heterocycles. The standard InChI is InChI=1S/C18H23FN4O2/c1-18(2,3)16-20-9-14(10-21-16)22-17(25)23(4)11-15(24)12-5-7-13(19)8-6-12/h5-10,15,24H,11H2,1-4H3,(H,22,25)/t15-/m1/s1. The van der Waals surface area contributed by atoms with Gasteiger partial charge in [-0.2, -0.15) is 0 Å². The lowest BCUT2D eigenvalue weighted by Gasteiger charge is -2.22. The predicted octanol–water partition coefficient (Wildman–Crippen LogP) is 3.11. The molecule has 25 heavy (non-hydrogen) atoms. The highest BCUT2D eigenvalue weighted by atomic mass is 19.1. The molecule has 0 fully saturated rings. The molecule has 2 rings (SSSR count). The van der Waals surface area contributed by atoms with E-state index < -0.39 is 12.1 Å². The largest absolute Gasteiger partial charge is 0.387 e. The van der Waals surface area contributed by atoms with Crippen LogP contribution in [0.1, 0.15) is 38.3 Å². The number of carbonyl (C=O) groups is 1. The average molecular weight is 346 g/mol. The monoisotopic (exact) mass is 346 g/mol. The molecule has 0 aliphatic rings. The third-order valence-corrected chi connectivity index (χ3v) is 3.62. The molecule has 1 aromatic carbocycles. The smallest absolute Gasteiger partial charge is 0.321 e. The number of halogens is 1. The number of nitrogens with one attached hydrogen (secondary N) is 1. The molecule has 2 aromatic rings. The SMILES string of the molecule is CN(C[C@@H](O)c1ccc(F)cc1)C(=O)Nc1cnc(C(C)(C)C)nc1. The summed E-state index contributed by atoms with van der Waals surface area (Å²) in [5.41, 5.74) is 0.846. The van der Waals surface area contributed by atoms with Gasteiger partial charge >= 0.3 is 6.03 Å². The van der Waals surface area contributed by atoms with Crippen LogP contribution >= 0.6 is 0 Å². The number of aliphatic hydroxyl groups is 1. The number of urea groups is 1. The molecule has 7 heteroatoms. The number of carbonyl (C=O) groups excluding carboxylic acids is 1. The van der Waals surface area contributed by atoms with Crippen LogP contribution in [-0.2, 0) is 5.41 Å². The molecule has 0 spiro atoms. The fraction of sp³-hybridized carbons (Fsp3) is 0.389. The number of amides is 2. The Morgan fingerprint density at radius 3 is 2.32 bits per heavy atom. The lowest BCUT2D eigenvalue weighted by molar-refractivity contribution is 0.136. The highest BCUT2D eigenvalue weighted by molar-refractivity contribution is 5.88. The van der Waals surface area contributed by atoms with Gasteiger partial charge in [-0.15, -0.1) is 0 Å². The van der Waals surface area contributed by atoms with Crippen LogP contribution in [0.15, 0.2) is 36.7 Å². The predicted molar refractivity (Wildman–Crippen MR) is 93.7 cm³/mol. The Morgan fingerprint density at radius 2 is 1.80 bits per heavy atom. The number of hydrogen-bond donors (Lipinski definition) is 2. The number of benzene rings is 1. The quantitative estimate of drug-likeness (QED) is 0.892. The Kier molecular flexibility index (Phi) is 5.69. The van der Waals surface area contributed by atoms with Gasteiger partial charge in [0.2, 0.25) is 0 Å². The van der Waals surface area contributed by atoms with Gasteiger partial charge < -0.3 is 15.3 Å². The lowest BCUT2D eigenvalue weighted by Crippen LogP contribution is -2.34. The van der Waals surface area contributed by atoms with Crippen molar-refractivity contribution < 1.29 is 14.3 Å². The van der Waals surface area contributed by atoms with Gasteiger partial charge in [0.15, 0.2) is 0 Å². The van der Waals surface area contributed by atoms with Crippen molar-refractivity contribution in [3.05, 3.63) is 53.9 Å². The maximum atomic E-state index is 12.9. The van der Waals surface area contributed by atoms with Crippen molar-refractivity contribution in [2.45, 2.75) is 32.3 Å². The third-order valence-electron chi connectivity index (χ3n) is 3.62. The first-order valence-corrected chi connectivity index (χ1v) is 7.95. The topological polar surface area (TPSA) is 78.4 Å². The fourth-order valence-electron chi connectivity index (χ4n) is 2.13. The number of rotatable bonds is 4. The summed E-state index contributed by atoms with van der Waals surface area (Å²) in [6, 6.07) is 5.13. The number of likely N-dealkylation sites (N-methyl/N-ethyl adjacent to an activating group) is 1. The van der Waals surface area contributed by atoms with Gasteiger partial charge in [-0.05, 0) is 17.7 Å². The first-order chi connectivity index (χ1) is 11.7. The van der Waals surface area contributed by atoms with Gasteiger partial charge in [-0.1, -0.05) is 32.9 Å². The molecule has 2 N–H and O–H groups in total. The second kappa shape index (κ2) is 7.57. The van der Waals surface area contributed by atoms with E-state index in [2.05, 4.69) is 15.3 Å². The molecule has 0 radical (unpaired) electrons. The Labute approximate surface area is 146 Å². The molecular weight excluding hydrogens is 323 g/mol. The van der Waals surface area contributed by atoms with Gasteiger partial charge in [0.05, 0.1) is 30.7 Å². The molecule has 0 saturated heterocycles. The second-order valence-corrected chi connectivity index (χ2v) is 6.92. The van der Waals surface area contributed by atoms with Crippen LogP contribution in [0.4, 0.5) is 14.9 Å². The van der Waals surface area contributed by atoms with Crippen LogP contribution in [0.25, 0.3) is 0 Å².